The minimum atomic E-state index is -4.54. The third-order valence-corrected chi connectivity index (χ3v) is 10.5. The first-order valence-electron chi connectivity index (χ1n) is 22.1. The van der Waals surface area contributed by atoms with E-state index in [2.05, 4.69) is 26.0 Å². The number of quaternary nitrogens is 1. The van der Waals surface area contributed by atoms with E-state index in [4.69, 9.17) is 18.5 Å². The van der Waals surface area contributed by atoms with Crippen LogP contribution in [-0.2, 0) is 27.9 Å². The third-order valence-electron chi connectivity index (χ3n) is 9.57. The second kappa shape index (κ2) is 37.7. The maximum absolute atomic E-state index is 12.6. The van der Waals surface area contributed by atoms with Crippen LogP contribution in [0.1, 0.15) is 200 Å². The molecule has 9 heteroatoms. The molecule has 0 rings (SSSR count). The van der Waals surface area contributed by atoms with Crippen molar-refractivity contribution in [3.63, 3.8) is 0 Å². The quantitative estimate of drug-likeness (QED) is 0.0152. The molecule has 0 aliphatic rings. The van der Waals surface area contributed by atoms with Crippen LogP contribution in [0.3, 0.4) is 0 Å². The standard InChI is InChI=1S/C44H86NO7P/c1-6-8-10-12-14-16-18-20-22-24-26-28-30-32-34-36-39-49-41-43(42-51-53(47,48)50-40-38-45(3,4)5)52-44(46)37-35-33-31-29-27-25-23-21-19-17-15-13-11-9-7-2/h25,27,36,39,43H,6-24,26,28-35,37-38,40-42H2,1-5H3/b27-25+,39-36+/t43-/m1/s1. The van der Waals surface area contributed by atoms with Crippen LogP contribution in [0.4, 0.5) is 0 Å². The molecule has 0 aromatic heterocycles. The zero-order valence-corrected chi connectivity index (χ0v) is 36.4. The summed E-state index contributed by atoms with van der Waals surface area (Å²) >= 11 is 0. The first-order chi connectivity index (χ1) is 25.6. The SMILES string of the molecule is CCCCCCCCCC/C=C/CCCCCC(=O)O[C@H](CO/C=C/CCCCCCCCCCCCCCCC)COP(=O)([O-])OCC[N+](C)(C)C. The number of likely N-dealkylation sites (N-methyl/N-ethyl adjacent to an activating group) is 1. The fourth-order valence-corrected chi connectivity index (χ4v) is 6.82. The summed E-state index contributed by atoms with van der Waals surface area (Å²) in [6.45, 7) is 4.73. The van der Waals surface area contributed by atoms with Gasteiger partial charge in [-0.2, -0.15) is 0 Å². The van der Waals surface area contributed by atoms with Gasteiger partial charge in [-0.1, -0.05) is 161 Å². The van der Waals surface area contributed by atoms with Gasteiger partial charge in [0.05, 0.1) is 34.0 Å². The number of nitrogens with zero attached hydrogens (tertiary/aromatic N) is 1. The van der Waals surface area contributed by atoms with Gasteiger partial charge in [0, 0.05) is 6.42 Å². The summed E-state index contributed by atoms with van der Waals surface area (Å²) in [6, 6.07) is 0. The smallest absolute Gasteiger partial charge is 0.306 e. The number of phosphoric ester groups is 1. The molecule has 0 amide bonds. The number of carbonyl (C=O) groups is 1. The summed E-state index contributed by atoms with van der Waals surface area (Å²) in [6.07, 6.45) is 42.8. The van der Waals surface area contributed by atoms with Crippen molar-refractivity contribution in [2.24, 2.45) is 0 Å². The van der Waals surface area contributed by atoms with E-state index < -0.39 is 13.9 Å². The number of rotatable bonds is 41. The number of hydrogen-bond donors (Lipinski definition) is 0. The van der Waals surface area contributed by atoms with E-state index in [0.29, 0.717) is 11.0 Å². The third kappa shape index (κ3) is 41.8. The summed E-state index contributed by atoms with van der Waals surface area (Å²) in [5.74, 6) is -0.370. The molecule has 314 valence electrons. The van der Waals surface area contributed by atoms with E-state index in [0.717, 1.165) is 44.9 Å². The number of esters is 1. The average Bonchev–Trinajstić information content (AvgIpc) is 3.11. The molecule has 0 saturated heterocycles. The monoisotopic (exact) mass is 772 g/mol. The van der Waals surface area contributed by atoms with Gasteiger partial charge in [0.1, 0.15) is 19.8 Å². The fraction of sp³-hybridized carbons (Fsp3) is 0.886. The molecule has 0 aliphatic carbocycles. The Morgan fingerprint density at radius 3 is 1.45 bits per heavy atom. The highest BCUT2D eigenvalue weighted by Crippen LogP contribution is 2.38. The van der Waals surface area contributed by atoms with Crippen LogP contribution in [0, 0.1) is 0 Å². The topological polar surface area (TPSA) is 94.1 Å². The Kier molecular flexibility index (Phi) is 36.9. The van der Waals surface area contributed by atoms with Gasteiger partial charge in [0.15, 0.2) is 6.10 Å². The molecule has 0 radical (unpaired) electrons. The Labute approximate surface area is 328 Å². The van der Waals surface area contributed by atoms with Crippen LogP contribution in [0.2, 0.25) is 0 Å². The van der Waals surface area contributed by atoms with E-state index in [-0.39, 0.29) is 32.2 Å². The van der Waals surface area contributed by atoms with Crippen molar-refractivity contribution in [3.05, 3.63) is 24.5 Å². The van der Waals surface area contributed by atoms with Crippen LogP contribution in [0.5, 0.6) is 0 Å². The Hall–Kier alpha value is -1.18. The number of hydrogen-bond acceptors (Lipinski definition) is 7. The minimum Gasteiger partial charge on any atom is -0.756 e. The first kappa shape index (κ1) is 51.8. The lowest BCUT2D eigenvalue weighted by atomic mass is 10.0. The van der Waals surface area contributed by atoms with Crippen LogP contribution in [0.15, 0.2) is 24.5 Å². The Morgan fingerprint density at radius 2 is 1.00 bits per heavy atom. The van der Waals surface area contributed by atoms with Gasteiger partial charge in [0.2, 0.25) is 0 Å². The zero-order valence-electron chi connectivity index (χ0n) is 35.5. The predicted octanol–water partition coefficient (Wildman–Crippen LogP) is 12.5. The van der Waals surface area contributed by atoms with E-state index >= 15 is 0 Å². The summed E-state index contributed by atoms with van der Waals surface area (Å²) in [4.78, 5) is 25.0. The lowest BCUT2D eigenvalue weighted by molar-refractivity contribution is -0.870. The van der Waals surface area contributed by atoms with Crippen molar-refractivity contribution in [1.29, 1.82) is 0 Å². The zero-order chi connectivity index (χ0) is 39.1. The second-order valence-corrected chi connectivity index (χ2v) is 17.5. The van der Waals surface area contributed by atoms with E-state index in [9.17, 15) is 14.3 Å². The number of ether oxygens (including phenoxy) is 2. The van der Waals surface area contributed by atoms with Crippen molar-refractivity contribution >= 4 is 13.8 Å². The number of phosphoric acid groups is 1. The minimum absolute atomic E-state index is 0.0155. The molecule has 0 aromatic carbocycles. The van der Waals surface area contributed by atoms with Gasteiger partial charge in [-0.15, -0.1) is 0 Å². The van der Waals surface area contributed by atoms with Gasteiger partial charge in [-0.25, -0.2) is 0 Å². The fourth-order valence-electron chi connectivity index (χ4n) is 6.09. The molecular formula is C44H86NO7P. The largest absolute Gasteiger partial charge is 0.756 e. The molecule has 0 bridgehead atoms. The Bertz CT molecular complexity index is 905. The van der Waals surface area contributed by atoms with Crippen LogP contribution >= 0.6 is 7.82 Å². The normalized spacial score (nSPS) is 13.9. The van der Waals surface area contributed by atoms with Gasteiger partial charge in [0.25, 0.3) is 7.82 Å². The molecule has 0 fully saturated rings. The summed E-state index contributed by atoms with van der Waals surface area (Å²) < 4.78 is 34.3. The number of unbranched alkanes of at least 4 members (excludes halogenated alkanes) is 25. The van der Waals surface area contributed by atoms with Crippen LogP contribution in [0.25, 0.3) is 0 Å². The van der Waals surface area contributed by atoms with Gasteiger partial charge in [-0.05, 0) is 51.0 Å². The molecule has 0 spiro atoms. The van der Waals surface area contributed by atoms with Crippen LogP contribution in [-0.4, -0.2) is 64.1 Å². The molecule has 0 saturated carbocycles. The maximum Gasteiger partial charge on any atom is 0.306 e. The molecular weight excluding hydrogens is 685 g/mol. The van der Waals surface area contributed by atoms with E-state index in [1.807, 2.05) is 27.2 Å². The molecule has 53 heavy (non-hydrogen) atoms. The van der Waals surface area contributed by atoms with E-state index in [1.54, 1.807) is 6.26 Å². The predicted molar refractivity (Wildman–Crippen MR) is 222 cm³/mol. The highest BCUT2D eigenvalue weighted by atomic mass is 31.2. The van der Waals surface area contributed by atoms with Crippen molar-refractivity contribution in [1.82, 2.24) is 0 Å². The molecule has 1 unspecified atom stereocenters. The number of allylic oxidation sites excluding steroid dienone is 3. The van der Waals surface area contributed by atoms with E-state index in [1.165, 1.54) is 135 Å². The Morgan fingerprint density at radius 1 is 0.585 bits per heavy atom. The lowest BCUT2D eigenvalue weighted by Crippen LogP contribution is -2.37. The molecule has 0 aromatic rings. The summed E-state index contributed by atoms with van der Waals surface area (Å²) in [7, 11) is 1.32. The number of carbonyl (C=O) groups excluding carboxylic acids is 1. The molecule has 0 heterocycles. The van der Waals surface area contributed by atoms with Crippen LogP contribution < -0.4 is 4.89 Å². The first-order valence-corrected chi connectivity index (χ1v) is 23.6. The average molecular weight is 772 g/mol. The van der Waals surface area contributed by atoms with Crippen molar-refractivity contribution in [3.8, 4) is 0 Å². The summed E-state index contributed by atoms with van der Waals surface area (Å²) in [5.41, 5.74) is 0. The highest BCUT2D eigenvalue weighted by molar-refractivity contribution is 7.45. The second-order valence-electron chi connectivity index (χ2n) is 16.1. The molecule has 0 aliphatic heterocycles. The lowest BCUT2D eigenvalue weighted by Gasteiger charge is -2.28. The van der Waals surface area contributed by atoms with Gasteiger partial charge < -0.3 is 27.9 Å². The molecule has 0 N–H and O–H groups in total. The summed E-state index contributed by atoms with van der Waals surface area (Å²) in [5, 5.41) is 0. The molecule has 2 atom stereocenters. The highest BCUT2D eigenvalue weighted by Gasteiger charge is 2.20. The van der Waals surface area contributed by atoms with Crippen molar-refractivity contribution in [2.45, 2.75) is 206 Å². The van der Waals surface area contributed by atoms with Gasteiger partial charge in [-0.3, -0.25) is 9.36 Å². The van der Waals surface area contributed by atoms with Crippen molar-refractivity contribution < 1.29 is 37.3 Å². The van der Waals surface area contributed by atoms with Gasteiger partial charge >= 0.3 is 5.97 Å². The van der Waals surface area contributed by atoms with Crippen molar-refractivity contribution in [2.75, 3.05) is 47.5 Å². The maximum atomic E-state index is 12.6. The molecule has 8 nitrogen and oxygen atoms in total. The Balaban J connectivity index is 4.29.